The summed E-state index contributed by atoms with van der Waals surface area (Å²) in [7, 11) is 1.58. The van der Waals surface area contributed by atoms with Gasteiger partial charge in [-0.15, -0.1) is 0 Å². The highest BCUT2D eigenvalue weighted by atomic mass is 19.1. The van der Waals surface area contributed by atoms with Gasteiger partial charge >= 0.3 is 0 Å². The van der Waals surface area contributed by atoms with Gasteiger partial charge in [-0.25, -0.2) is 4.39 Å². The summed E-state index contributed by atoms with van der Waals surface area (Å²) < 4.78 is 30.3. The first-order valence-corrected chi connectivity index (χ1v) is 7.03. The normalized spacial score (nSPS) is 29.6. The topological polar surface area (TPSA) is 39.7 Å². The van der Waals surface area contributed by atoms with Crippen molar-refractivity contribution in [1.82, 2.24) is 0 Å². The van der Waals surface area contributed by atoms with E-state index < -0.39 is 0 Å². The monoisotopic (exact) mass is 281 g/mol. The van der Waals surface area contributed by atoms with E-state index in [0.29, 0.717) is 24.7 Å². The smallest absolute Gasteiger partial charge is 0.146 e. The van der Waals surface area contributed by atoms with Gasteiger partial charge in [-0.2, -0.15) is 0 Å². The van der Waals surface area contributed by atoms with Gasteiger partial charge in [0, 0.05) is 31.7 Å². The minimum Gasteiger partial charge on any atom is -0.497 e. The molecule has 2 fully saturated rings. The predicted octanol–water partition coefficient (Wildman–Crippen LogP) is 2.58. The Morgan fingerprint density at radius 2 is 2.30 bits per heavy atom. The fourth-order valence-corrected chi connectivity index (χ4v) is 2.98. The lowest BCUT2D eigenvalue weighted by Gasteiger charge is -2.37. The summed E-state index contributed by atoms with van der Waals surface area (Å²) in [5, 5.41) is 3.28. The third-order valence-corrected chi connectivity index (χ3v) is 4.09. The molecular weight excluding hydrogens is 261 g/mol. The van der Waals surface area contributed by atoms with Crippen molar-refractivity contribution in [3.63, 3.8) is 0 Å². The van der Waals surface area contributed by atoms with Crippen molar-refractivity contribution in [2.75, 3.05) is 32.2 Å². The molecule has 110 valence electrons. The first-order valence-electron chi connectivity index (χ1n) is 7.03. The number of hydrogen-bond acceptors (Lipinski definition) is 4. The van der Waals surface area contributed by atoms with E-state index in [1.165, 1.54) is 6.07 Å². The molecule has 0 bridgehead atoms. The average molecular weight is 281 g/mol. The molecule has 5 heteroatoms. The molecule has 3 rings (SSSR count). The number of hydrogen-bond donors (Lipinski definition) is 1. The molecule has 2 aliphatic rings. The van der Waals surface area contributed by atoms with E-state index in [1.807, 2.05) is 0 Å². The molecule has 0 saturated carbocycles. The summed E-state index contributed by atoms with van der Waals surface area (Å²) in [5.41, 5.74) is 0.316. The van der Waals surface area contributed by atoms with Gasteiger partial charge in [-0.1, -0.05) is 0 Å². The largest absolute Gasteiger partial charge is 0.497 e. The van der Waals surface area contributed by atoms with Crippen LogP contribution in [-0.2, 0) is 9.47 Å². The Morgan fingerprint density at radius 3 is 3.05 bits per heavy atom. The summed E-state index contributed by atoms with van der Waals surface area (Å²) >= 11 is 0. The Bertz CT molecular complexity index is 474. The fraction of sp³-hybridized carbons (Fsp3) is 0.600. The molecule has 2 atom stereocenters. The van der Waals surface area contributed by atoms with E-state index in [9.17, 15) is 4.39 Å². The maximum atomic E-state index is 13.9. The van der Waals surface area contributed by atoms with Crippen molar-refractivity contribution in [2.24, 2.45) is 0 Å². The standard InChI is InChI=1S/C15H20FNO3/c1-18-12-2-3-13(16)14(8-12)17-11-4-6-20-15(9-11)5-7-19-10-15/h2-3,8,11,17H,4-7,9-10H2,1H3. The second-order valence-electron chi connectivity index (χ2n) is 5.51. The molecule has 20 heavy (non-hydrogen) atoms. The third kappa shape index (κ3) is 2.74. The SMILES string of the molecule is COc1ccc(F)c(NC2CCOC3(CCOC3)C2)c1. The molecule has 1 aromatic carbocycles. The molecular formula is C15H20FNO3. The van der Waals surface area contributed by atoms with Crippen LogP contribution in [0.4, 0.5) is 10.1 Å². The minimum atomic E-state index is -0.256. The van der Waals surface area contributed by atoms with Crippen LogP contribution in [0, 0.1) is 5.82 Å². The number of ether oxygens (including phenoxy) is 3. The lowest BCUT2D eigenvalue weighted by Crippen LogP contribution is -2.45. The van der Waals surface area contributed by atoms with Crippen LogP contribution >= 0.6 is 0 Å². The lowest BCUT2D eigenvalue weighted by atomic mass is 9.89. The van der Waals surface area contributed by atoms with Gasteiger partial charge in [0.05, 0.1) is 25.0 Å². The first kappa shape index (κ1) is 13.6. The predicted molar refractivity (Wildman–Crippen MR) is 73.7 cm³/mol. The quantitative estimate of drug-likeness (QED) is 0.924. The number of anilines is 1. The van der Waals surface area contributed by atoms with Crippen molar-refractivity contribution in [2.45, 2.75) is 30.9 Å². The van der Waals surface area contributed by atoms with E-state index in [2.05, 4.69) is 5.32 Å². The zero-order valence-electron chi connectivity index (χ0n) is 11.7. The maximum Gasteiger partial charge on any atom is 0.146 e. The molecule has 0 aromatic heterocycles. The highest BCUT2D eigenvalue weighted by molar-refractivity contribution is 5.50. The minimum absolute atomic E-state index is 0.175. The highest BCUT2D eigenvalue weighted by Gasteiger charge is 2.41. The van der Waals surface area contributed by atoms with Gasteiger partial charge in [-0.3, -0.25) is 0 Å². The van der Waals surface area contributed by atoms with Crippen molar-refractivity contribution in [1.29, 1.82) is 0 Å². The number of nitrogens with one attached hydrogen (secondary N) is 1. The second kappa shape index (κ2) is 5.58. The maximum absolute atomic E-state index is 13.9. The first-order chi connectivity index (χ1) is 9.71. The van der Waals surface area contributed by atoms with Crippen LogP contribution in [0.25, 0.3) is 0 Å². The summed E-state index contributed by atoms with van der Waals surface area (Å²) in [6, 6.07) is 4.95. The van der Waals surface area contributed by atoms with Crippen LogP contribution in [-0.4, -0.2) is 38.6 Å². The third-order valence-electron chi connectivity index (χ3n) is 4.09. The molecule has 1 N–H and O–H groups in total. The highest BCUT2D eigenvalue weighted by Crippen LogP contribution is 2.34. The second-order valence-corrected chi connectivity index (χ2v) is 5.51. The van der Waals surface area contributed by atoms with Gasteiger partial charge in [0.2, 0.25) is 0 Å². The van der Waals surface area contributed by atoms with E-state index in [-0.39, 0.29) is 17.5 Å². The molecule has 2 heterocycles. The zero-order valence-corrected chi connectivity index (χ0v) is 11.7. The Balaban J connectivity index is 1.71. The zero-order chi connectivity index (χ0) is 14.0. The van der Waals surface area contributed by atoms with Gasteiger partial charge in [0.25, 0.3) is 0 Å². The van der Waals surface area contributed by atoms with Crippen molar-refractivity contribution < 1.29 is 18.6 Å². The molecule has 2 saturated heterocycles. The molecule has 4 nitrogen and oxygen atoms in total. The van der Waals surface area contributed by atoms with Crippen LogP contribution in [0.1, 0.15) is 19.3 Å². The summed E-state index contributed by atoms with van der Waals surface area (Å²) in [6.07, 6.45) is 2.65. The van der Waals surface area contributed by atoms with Crippen LogP contribution < -0.4 is 10.1 Å². The molecule has 0 radical (unpaired) electrons. The van der Waals surface area contributed by atoms with Crippen molar-refractivity contribution in [3.05, 3.63) is 24.0 Å². The van der Waals surface area contributed by atoms with Crippen molar-refractivity contribution >= 4 is 5.69 Å². The van der Waals surface area contributed by atoms with Gasteiger partial charge in [0.15, 0.2) is 0 Å². The van der Waals surface area contributed by atoms with E-state index in [0.717, 1.165) is 25.9 Å². The molecule has 2 aliphatic heterocycles. The molecule has 1 spiro atoms. The fourth-order valence-electron chi connectivity index (χ4n) is 2.98. The Kier molecular flexibility index (Phi) is 3.81. The van der Waals surface area contributed by atoms with E-state index in [1.54, 1.807) is 19.2 Å². The Labute approximate surface area is 118 Å². The van der Waals surface area contributed by atoms with Crippen LogP contribution in [0.3, 0.4) is 0 Å². The average Bonchev–Trinajstić information content (AvgIpc) is 2.89. The molecule has 0 aliphatic carbocycles. The van der Waals surface area contributed by atoms with Crippen LogP contribution in [0.15, 0.2) is 18.2 Å². The Hall–Kier alpha value is -1.33. The summed E-state index contributed by atoms with van der Waals surface area (Å²) in [5.74, 6) is 0.397. The van der Waals surface area contributed by atoms with Gasteiger partial charge in [0.1, 0.15) is 11.6 Å². The molecule has 0 amide bonds. The van der Waals surface area contributed by atoms with Crippen LogP contribution in [0.5, 0.6) is 5.75 Å². The lowest BCUT2D eigenvalue weighted by molar-refractivity contribution is -0.0828. The van der Waals surface area contributed by atoms with E-state index in [4.69, 9.17) is 14.2 Å². The van der Waals surface area contributed by atoms with Crippen molar-refractivity contribution in [3.8, 4) is 5.75 Å². The van der Waals surface area contributed by atoms with Gasteiger partial charge < -0.3 is 19.5 Å². The number of benzene rings is 1. The summed E-state index contributed by atoms with van der Waals surface area (Å²) in [4.78, 5) is 0. The molecule has 1 aromatic rings. The Morgan fingerprint density at radius 1 is 1.40 bits per heavy atom. The number of halogens is 1. The van der Waals surface area contributed by atoms with Gasteiger partial charge in [-0.05, 0) is 25.0 Å². The molecule has 2 unspecified atom stereocenters. The number of rotatable bonds is 3. The van der Waals surface area contributed by atoms with Crippen LogP contribution in [0.2, 0.25) is 0 Å². The summed E-state index contributed by atoms with van der Waals surface area (Å²) in [6.45, 7) is 2.08. The number of methoxy groups -OCH3 is 1. The van der Waals surface area contributed by atoms with E-state index >= 15 is 0 Å².